The molecule has 0 heterocycles. The molecule has 0 aliphatic rings. The normalized spacial score (nSPS) is 10.9. The summed E-state index contributed by atoms with van der Waals surface area (Å²) in [7, 11) is 1.56. The number of carbonyl (C=O) groups excluding carboxylic acids is 2. The van der Waals surface area contributed by atoms with Crippen LogP contribution in [0.15, 0.2) is 4.99 Å². The van der Waals surface area contributed by atoms with Crippen molar-refractivity contribution in [3.8, 4) is 0 Å². The number of hydrogen-bond acceptors (Lipinski definition) is 4. The quantitative estimate of drug-likeness (QED) is 0.175. The maximum absolute atomic E-state index is 11.4. The van der Waals surface area contributed by atoms with Gasteiger partial charge in [0.15, 0.2) is 0 Å². The molecule has 9 heteroatoms. The number of guanidine groups is 1. The maximum atomic E-state index is 11.4. The average molecular weight is 241 g/mol. The van der Waals surface area contributed by atoms with E-state index in [0.29, 0.717) is 19.4 Å². The average Bonchev–Trinajstić information content (AvgIpc) is 2.31. The molecule has 0 fully saturated rings. The van der Waals surface area contributed by atoms with Crippen LogP contribution in [0.3, 0.4) is 0 Å². The van der Waals surface area contributed by atoms with E-state index in [0.717, 1.165) is 0 Å². The van der Waals surface area contributed by atoms with Crippen molar-refractivity contribution < 1.29 is 14.3 Å². The predicted octanol–water partition coefficient (Wildman–Crippen LogP) is -2.09. The first-order valence-corrected chi connectivity index (χ1v) is 5.04. The van der Waals surface area contributed by atoms with Gasteiger partial charge in [0, 0.05) is 0 Å². The molecule has 17 heavy (non-hydrogen) atoms. The summed E-state index contributed by atoms with van der Waals surface area (Å²) in [5, 5.41) is 4.66. The Balaban J connectivity index is 4.20. The van der Waals surface area contributed by atoms with E-state index in [1.165, 1.54) is 7.05 Å². The Hall–Kier alpha value is -1.93. The summed E-state index contributed by atoms with van der Waals surface area (Å²) in [6.07, 6.45) is 0.852. The number of hydrogen-bond donors (Lipinski definition) is 4. The number of carbonyl (C=O) groups is 2. The number of rotatable bonds is 7. The van der Waals surface area contributed by atoms with Gasteiger partial charge in [-0.15, -0.1) is 0 Å². The van der Waals surface area contributed by atoms with Gasteiger partial charge < -0.3 is 0 Å². The molecule has 94 valence electrons. The summed E-state index contributed by atoms with van der Waals surface area (Å²) >= 11 is 0. The molecule has 1 atom stereocenters. The Labute approximate surface area is 99.5 Å². The van der Waals surface area contributed by atoms with Crippen LogP contribution < -0.4 is 22.1 Å². The molecule has 2 amide bonds. The summed E-state index contributed by atoms with van der Waals surface area (Å²) in [5.74, 6) is -1.23. The number of likely N-dealkylation sites (N-methyl/N-ethyl adjacent to an activating group) is 1. The molecule has 0 aliphatic heterocycles. The van der Waals surface area contributed by atoms with Gasteiger partial charge in [0.1, 0.15) is 0 Å². The van der Waals surface area contributed by atoms with Crippen LogP contribution in [0.2, 0.25) is 0 Å². The molecule has 0 bridgehead atoms. The summed E-state index contributed by atoms with van der Waals surface area (Å²) in [6, 6.07) is -0.758. The number of amides is 2. The molecular formula is C8H16BN5O3. The van der Waals surface area contributed by atoms with E-state index in [9.17, 15) is 14.3 Å². The van der Waals surface area contributed by atoms with Crippen LogP contribution in [0.25, 0.3) is 0 Å². The summed E-state index contributed by atoms with van der Waals surface area (Å²) in [5.41, 5.74) is 10.3. The molecule has 0 rings (SSSR count). The first kappa shape index (κ1) is 15.1. The Morgan fingerprint density at radius 1 is 1.41 bits per heavy atom. The van der Waals surface area contributed by atoms with Gasteiger partial charge in [0.05, 0.1) is 0 Å². The second kappa shape index (κ2) is 8.25. The Kier molecular flexibility index (Phi) is 7.32. The monoisotopic (exact) mass is 241 g/mol. The molecule has 0 saturated carbocycles. The molecule has 0 aliphatic carbocycles. The van der Waals surface area contributed by atoms with Crippen LogP contribution >= 0.6 is 0 Å². The molecule has 0 radical (unpaired) electrons. The zero-order valence-corrected chi connectivity index (χ0v) is 9.60. The first-order valence-electron chi connectivity index (χ1n) is 5.04. The van der Waals surface area contributed by atoms with Crippen molar-refractivity contribution in [3.05, 3.63) is 0 Å². The molecule has 0 spiro atoms. The summed E-state index contributed by atoms with van der Waals surface area (Å²) in [6.45, 7) is 0.354. The number of nitrogens with zero attached hydrogens (tertiary/aromatic N) is 1. The van der Waals surface area contributed by atoms with E-state index in [1.54, 1.807) is 0 Å². The van der Waals surface area contributed by atoms with Gasteiger partial charge in [0.2, 0.25) is 0 Å². The zero-order valence-electron chi connectivity index (χ0n) is 9.60. The van der Waals surface area contributed by atoms with Crippen molar-refractivity contribution >= 4 is 24.8 Å². The third kappa shape index (κ3) is 7.04. The molecule has 0 aromatic rings. The van der Waals surface area contributed by atoms with Crippen molar-refractivity contribution in [1.29, 1.82) is 0 Å². The summed E-state index contributed by atoms with van der Waals surface area (Å²) < 4.78 is 10.2. The second-order valence-electron chi connectivity index (χ2n) is 3.24. The Morgan fingerprint density at radius 2 is 2.06 bits per heavy atom. The zero-order chi connectivity index (χ0) is 13.3. The standard InChI is InChI=1S/C8H16BN5O3/c1-12-6(15)5(14-7(16)9-17)3-2-4-13-8(10)11/h5H,2-4H2,1H3,(H,12,15)(H,14,16)(H4,10,11,13). The minimum atomic E-state index is -0.833. The fraction of sp³-hybridized carbons (Fsp3) is 0.625. The van der Waals surface area contributed by atoms with E-state index in [1.807, 2.05) is 0 Å². The van der Waals surface area contributed by atoms with E-state index in [-0.39, 0.29) is 19.0 Å². The summed E-state index contributed by atoms with van der Waals surface area (Å²) in [4.78, 5) is 26.0. The van der Waals surface area contributed by atoms with Crippen LogP contribution in [0.5, 0.6) is 0 Å². The minimum absolute atomic E-state index is 0.0292. The number of nitrogens with two attached hydrogens (primary N) is 2. The molecule has 6 N–H and O–H groups in total. The van der Waals surface area contributed by atoms with Crippen LogP contribution in [-0.2, 0) is 9.50 Å². The van der Waals surface area contributed by atoms with E-state index in [4.69, 9.17) is 11.5 Å². The van der Waals surface area contributed by atoms with Gasteiger partial charge in [-0.25, -0.2) is 0 Å². The molecule has 1 unspecified atom stereocenters. The van der Waals surface area contributed by atoms with E-state index in [2.05, 4.69) is 15.6 Å². The topological polar surface area (TPSA) is 140 Å². The fourth-order valence-corrected chi connectivity index (χ4v) is 1.15. The molecule has 8 nitrogen and oxygen atoms in total. The van der Waals surface area contributed by atoms with Crippen molar-refractivity contribution in [3.63, 3.8) is 0 Å². The molecule has 0 aromatic heterocycles. The van der Waals surface area contributed by atoms with Gasteiger partial charge in [-0.2, -0.15) is 0 Å². The fourth-order valence-electron chi connectivity index (χ4n) is 1.15. The number of nitrogens with one attached hydrogen (secondary N) is 2. The van der Waals surface area contributed by atoms with Crippen molar-refractivity contribution in [2.45, 2.75) is 18.9 Å². The van der Waals surface area contributed by atoms with Crippen molar-refractivity contribution in [2.75, 3.05) is 13.6 Å². The van der Waals surface area contributed by atoms with Crippen LogP contribution in [-0.4, -0.2) is 44.5 Å². The van der Waals surface area contributed by atoms with Gasteiger partial charge >= 0.3 is 98.7 Å². The van der Waals surface area contributed by atoms with Gasteiger partial charge in [-0.3, -0.25) is 0 Å². The Morgan fingerprint density at radius 3 is 2.53 bits per heavy atom. The van der Waals surface area contributed by atoms with Gasteiger partial charge in [-0.1, -0.05) is 0 Å². The predicted molar refractivity (Wildman–Crippen MR) is 62.7 cm³/mol. The van der Waals surface area contributed by atoms with Crippen molar-refractivity contribution in [1.82, 2.24) is 10.6 Å². The molecular weight excluding hydrogens is 225 g/mol. The first-order chi connectivity index (χ1) is 8.01. The van der Waals surface area contributed by atoms with Gasteiger partial charge in [0.25, 0.3) is 0 Å². The third-order valence-electron chi connectivity index (χ3n) is 1.93. The van der Waals surface area contributed by atoms with Crippen LogP contribution in [0.1, 0.15) is 12.8 Å². The van der Waals surface area contributed by atoms with Crippen LogP contribution in [0.4, 0.5) is 4.79 Å². The van der Waals surface area contributed by atoms with E-state index < -0.39 is 11.8 Å². The van der Waals surface area contributed by atoms with Crippen LogP contribution in [0, 0.1) is 0 Å². The van der Waals surface area contributed by atoms with Crippen molar-refractivity contribution in [2.24, 2.45) is 16.5 Å². The second-order valence-corrected chi connectivity index (χ2v) is 3.24. The number of aliphatic imine (C=N–C) groups is 1. The Bertz CT molecular complexity index is 316. The molecule has 0 aromatic carbocycles. The van der Waals surface area contributed by atoms with Gasteiger partial charge in [-0.05, 0) is 0 Å². The molecule has 0 saturated heterocycles. The third-order valence-corrected chi connectivity index (χ3v) is 1.93. The SMILES string of the molecule is CNC(=O)C(CCCN=C(N)N)NC(=O)B=O. The van der Waals surface area contributed by atoms with E-state index >= 15 is 0 Å².